The summed E-state index contributed by atoms with van der Waals surface area (Å²) in [5.74, 6) is 0.102. The average molecular weight is 263 g/mol. The maximum Gasteiger partial charge on any atom is 0.160 e. The maximum atomic E-state index is 9.91. The Balaban J connectivity index is 2.15. The zero-order valence-electron chi connectivity index (χ0n) is 12.0. The van der Waals surface area contributed by atoms with Crippen molar-refractivity contribution in [2.75, 3.05) is 13.1 Å². The number of fused-ring (bicyclic) bond motifs is 1. The molecule has 0 amide bonds. The van der Waals surface area contributed by atoms with Crippen LogP contribution in [0.1, 0.15) is 44.2 Å². The first-order valence-corrected chi connectivity index (χ1v) is 7.44. The molecule has 3 nitrogen and oxygen atoms in total. The highest BCUT2D eigenvalue weighted by molar-refractivity contribution is 5.50. The Morgan fingerprint density at radius 3 is 2.47 bits per heavy atom. The smallest absolute Gasteiger partial charge is 0.160 e. The van der Waals surface area contributed by atoms with Crippen LogP contribution >= 0.6 is 0 Å². The van der Waals surface area contributed by atoms with E-state index in [0.29, 0.717) is 6.04 Å². The Morgan fingerprint density at radius 2 is 1.84 bits per heavy atom. The van der Waals surface area contributed by atoms with Crippen LogP contribution in [0.25, 0.3) is 0 Å². The summed E-state index contributed by atoms with van der Waals surface area (Å²) < 4.78 is 0. The molecule has 0 aliphatic heterocycles. The summed E-state index contributed by atoms with van der Waals surface area (Å²) in [5, 5.41) is 19.5. The number of phenolic OH excluding ortho intramolecular Hbond substituents is 2. The molecule has 106 valence electrons. The van der Waals surface area contributed by atoms with E-state index in [1.165, 1.54) is 18.4 Å². The summed E-state index contributed by atoms with van der Waals surface area (Å²) >= 11 is 0. The number of rotatable bonds is 5. The fourth-order valence-electron chi connectivity index (χ4n) is 3.17. The molecular formula is C16H25NO2. The van der Waals surface area contributed by atoms with Crippen LogP contribution in [0, 0.1) is 0 Å². The number of benzene rings is 1. The lowest BCUT2D eigenvalue weighted by molar-refractivity contribution is 0.179. The van der Waals surface area contributed by atoms with Gasteiger partial charge in [0.2, 0.25) is 0 Å². The van der Waals surface area contributed by atoms with Gasteiger partial charge in [-0.3, -0.25) is 0 Å². The molecule has 1 aromatic carbocycles. The second-order valence-electron chi connectivity index (χ2n) is 5.50. The summed E-state index contributed by atoms with van der Waals surface area (Å²) in [5.41, 5.74) is 2.15. The Morgan fingerprint density at radius 1 is 1.16 bits per heavy atom. The maximum absolute atomic E-state index is 9.91. The third-order valence-electron chi connectivity index (χ3n) is 4.08. The third-order valence-corrected chi connectivity index (χ3v) is 4.08. The molecule has 3 heteroatoms. The Labute approximate surface area is 115 Å². The van der Waals surface area contributed by atoms with Crippen molar-refractivity contribution < 1.29 is 10.2 Å². The molecule has 1 aliphatic rings. The molecule has 0 radical (unpaired) electrons. The number of hydrogen-bond acceptors (Lipinski definition) is 3. The predicted octanol–water partition coefficient (Wildman–Crippen LogP) is 3.08. The normalized spacial score (nSPS) is 18.6. The van der Waals surface area contributed by atoms with E-state index in [1.807, 2.05) is 6.07 Å². The first-order chi connectivity index (χ1) is 9.17. The lowest BCUT2D eigenvalue weighted by atomic mass is 9.86. The summed E-state index contributed by atoms with van der Waals surface area (Å²) in [6.07, 6.45) is 5.30. The van der Waals surface area contributed by atoms with E-state index in [1.54, 1.807) is 6.07 Å². The van der Waals surface area contributed by atoms with Crippen molar-refractivity contribution in [3.8, 4) is 11.5 Å². The zero-order valence-corrected chi connectivity index (χ0v) is 12.0. The van der Waals surface area contributed by atoms with Gasteiger partial charge >= 0.3 is 0 Å². The van der Waals surface area contributed by atoms with Crippen molar-refractivity contribution in [2.24, 2.45) is 0 Å². The van der Waals surface area contributed by atoms with Crippen LogP contribution in [0.5, 0.6) is 11.5 Å². The molecule has 0 spiro atoms. The lowest BCUT2D eigenvalue weighted by Gasteiger charge is -2.35. The summed E-state index contributed by atoms with van der Waals surface area (Å²) in [4.78, 5) is 2.58. The zero-order chi connectivity index (χ0) is 13.8. The summed E-state index contributed by atoms with van der Waals surface area (Å²) in [7, 11) is 0. The monoisotopic (exact) mass is 263 g/mol. The highest BCUT2D eigenvalue weighted by Gasteiger charge is 2.25. The standard InChI is InChI=1S/C16H25NO2/c1-3-9-17(10-4-2)13-6-7-14-12(11-13)5-8-15(18)16(14)19/h5,8,13,18-19H,3-4,6-7,9-11H2,1-2H3/t13-/m0/s1. The van der Waals surface area contributed by atoms with Crippen molar-refractivity contribution in [3.63, 3.8) is 0 Å². The molecule has 1 atom stereocenters. The minimum atomic E-state index is 0.0103. The first kappa shape index (κ1) is 14.2. The second kappa shape index (κ2) is 6.29. The van der Waals surface area contributed by atoms with E-state index < -0.39 is 0 Å². The number of nitrogens with zero attached hydrogens (tertiary/aromatic N) is 1. The minimum absolute atomic E-state index is 0.0103. The van der Waals surface area contributed by atoms with Crippen molar-refractivity contribution in [3.05, 3.63) is 23.3 Å². The molecule has 0 saturated heterocycles. The summed E-state index contributed by atoms with van der Waals surface area (Å²) in [6.45, 7) is 6.75. The van der Waals surface area contributed by atoms with Gasteiger partial charge in [-0.05, 0) is 56.8 Å². The highest BCUT2D eigenvalue weighted by Crippen LogP contribution is 2.36. The van der Waals surface area contributed by atoms with Crippen LogP contribution < -0.4 is 0 Å². The van der Waals surface area contributed by atoms with E-state index in [0.717, 1.165) is 37.9 Å². The average Bonchev–Trinajstić information content (AvgIpc) is 2.42. The van der Waals surface area contributed by atoms with Gasteiger partial charge in [0.05, 0.1) is 0 Å². The Bertz CT molecular complexity index is 425. The van der Waals surface area contributed by atoms with E-state index in [4.69, 9.17) is 0 Å². The minimum Gasteiger partial charge on any atom is -0.504 e. The van der Waals surface area contributed by atoms with Gasteiger partial charge in [0.25, 0.3) is 0 Å². The number of phenols is 2. The molecule has 2 rings (SSSR count). The van der Waals surface area contributed by atoms with Crippen LogP contribution in [0.15, 0.2) is 12.1 Å². The molecule has 1 aliphatic carbocycles. The molecule has 0 unspecified atom stereocenters. The SMILES string of the molecule is CCCN(CCC)[C@H]1CCc2c(ccc(O)c2O)C1. The van der Waals surface area contributed by atoms with Gasteiger partial charge in [0.15, 0.2) is 11.5 Å². The third kappa shape index (κ3) is 3.03. The van der Waals surface area contributed by atoms with Crippen LogP contribution in [-0.4, -0.2) is 34.2 Å². The molecule has 0 fully saturated rings. The van der Waals surface area contributed by atoms with Crippen molar-refractivity contribution in [1.29, 1.82) is 0 Å². The molecule has 19 heavy (non-hydrogen) atoms. The van der Waals surface area contributed by atoms with Crippen LogP contribution in [0.2, 0.25) is 0 Å². The van der Waals surface area contributed by atoms with Gasteiger partial charge in [-0.15, -0.1) is 0 Å². The topological polar surface area (TPSA) is 43.7 Å². The van der Waals surface area contributed by atoms with Crippen molar-refractivity contribution >= 4 is 0 Å². The fourth-order valence-corrected chi connectivity index (χ4v) is 3.17. The van der Waals surface area contributed by atoms with Crippen LogP contribution in [-0.2, 0) is 12.8 Å². The molecule has 0 saturated carbocycles. The van der Waals surface area contributed by atoms with Gasteiger partial charge in [0.1, 0.15) is 0 Å². The van der Waals surface area contributed by atoms with Gasteiger partial charge in [-0.2, -0.15) is 0 Å². The second-order valence-corrected chi connectivity index (χ2v) is 5.50. The molecular weight excluding hydrogens is 238 g/mol. The van der Waals surface area contributed by atoms with Crippen molar-refractivity contribution in [2.45, 2.75) is 52.0 Å². The van der Waals surface area contributed by atoms with Gasteiger partial charge in [0, 0.05) is 11.6 Å². The quantitative estimate of drug-likeness (QED) is 0.802. The van der Waals surface area contributed by atoms with E-state index in [-0.39, 0.29) is 11.5 Å². The van der Waals surface area contributed by atoms with Gasteiger partial charge < -0.3 is 15.1 Å². The Hall–Kier alpha value is -1.22. The molecule has 0 heterocycles. The van der Waals surface area contributed by atoms with E-state index >= 15 is 0 Å². The van der Waals surface area contributed by atoms with Crippen LogP contribution in [0.3, 0.4) is 0 Å². The molecule has 2 N–H and O–H groups in total. The Kier molecular flexibility index (Phi) is 4.70. The van der Waals surface area contributed by atoms with E-state index in [9.17, 15) is 10.2 Å². The molecule has 0 bridgehead atoms. The fraction of sp³-hybridized carbons (Fsp3) is 0.625. The van der Waals surface area contributed by atoms with E-state index in [2.05, 4.69) is 18.7 Å². The first-order valence-electron chi connectivity index (χ1n) is 7.44. The van der Waals surface area contributed by atoms with Crippen molar-refractivity contribution in [1.82, 2.24) is 4.90 Å². The van der Waals surface area contributed by atoms with Gasteiger partial charge in [-0.1, -0.05) is 19.9 Å². The van der Waals surface area contributed by atoms with Crippen LogP contribution in [0.4, 0.5) is 0 Å². The number of aromatic hydroxyl groups is 2. The highest BCUT2D eigenvalue weighted by atomic mass is 16.3. The predicted molar refractivity (Wildman–Crippen MR) is 77.7 cm³/mol. The molecule has 1 aromatic rings. The number of hydrogen-bond donors (Lipinski definition) is 2. The largest absolute Gasteiger partial charge is 0.504 e. The van der Waals surface area contributed by atoms with Gasteiger partial charge in [-0.25, -0.2) is 0 Å². The summed E-state index contributed by atoms with van der Waals surface area (Å²) in [6, 6.07) is 4.16. The molecule has 0 aromatic heterocycles. The lowest BCUT2D eigenvalue weighted by Crippen LogP contribution is -2.40.